The van der Waals surface area contributed by atoms with Crippen LogP contribution < -0.4 is 5.73 Å². The number of benzene rings is 1. The molecule has 4 nitrogen and oxygen atoms in total. The normalized spacial score (nSPS) is 12.2. The van der Waals surface area contributed by atoms with Gasteiger partial charge >= 0.3 is 0 Å². The molecule has 0 fully saturated rings. The summed E-state index contributed by atoms with van der Waals surface area (Å²) >= 11 is 0. The monoisotopic (exact) mass is 250 g/mol. The molecule has 0 radical (unpaired) electrons. The van der Waals surface area contributed by atoms with Crippen LogP contribution in [0.25, 0.3) is 0 Å². The Balaban J connectivity index is 2.34. The number of rotatable bonds is 7. The molecular weight excluding hydrogens is 228 g/mol. The van der Waals surface area contributed by atoms with E-state index in [4.69, 9.17) is 10.5 Å². The zero-order valence-corrected chi connectivity index (χ0v) is 11.1. The number of hydrogen-bond donors (Lipinski definition) is 1. The van der Waals surface area contributed by atoms with Crippen LogP contribution in [-0.2, 0) is 9.53 Å². The van der Waals surface area contributed by atoms with Crippen molar-refractivity contribution in [1.29, 1.82) is 0 Å². The molecule has 0 aromatic heterocycles. The molecule has 0 aliphatic heterocycles. The first kappa shape index (κ1) is 14.7. The van der Waals surface area contributed by atoms with Gasteiger partial charge in [-0.15, -0.1) is 0 Å². The minimum Gasteiger partial charge on any atom is -0.383 e. The van der Waals surface area contributed by atoms with E-state index in [-0.39, 0.29) is 11.9 Å². The van der Waals surface area contributed by atoms with Gasteiger partial charge in [-0.25, -0.2) is 0 Å². The molecule has 0 saturated heterocycles. The number of methoxy groups -OCH3 is 1. The molecule has 2 N–H and O–H groups in total. The first-order valence-corrected chi connectivity index (χ1v) is 6.18. The lowest BCUT2D eigenvalue weighted by atomic mass is 10.0. The Kier molecular flexibility index (Phi) is 6.39. The Labute approximate surface area is 109 Å². The van der Waals surface area contributed by atoms with Crippen molar-refractivity contribution >= 4 is 5.91 Å². The maximum absolute atomic E-state index is 11.8. The molecule has 1 rings (SSSR count). The molecule has 4 heteroatoms. The van der Waals surface area contributed by atoms with Gasteiger partial charge < -0.3 is 15.4 Å². The second kappa shape index (κ2) is 7.84. The van der Waals surface area contributed by atoms with Gasteiger partial charge in [-0.2, -0.15) is 0 Å². The Morgan fingerprint density at radius 3 is 2.67 bits per heavy atom. The second-order valence-corrected chi connectivity index (χ2v) is 4.36. The molecule has 100 valence electrons. The highest BCUT2D eigenvalue weighted by molar-refractivity contribution is 5.75. The van der Waals surface area contributed by atoms with E-state index in [0.29, 0.717) is 26.0 Å². The summed E-state index contributed by atoms with van der Waals surface area (Å²) in [4.78, 5) is 13.5. The fraction of sp³-hybridized carbons (Fsp3) is 0.500. The van der Waals surface area contributed by atoms with Gasteiger partial charge in [0, 0.05) is 33.2 Å². The summed E-state index contributed by atoms with van der Waals surface area (Å²) in [7, 11) is 3.42. The molecule has 1 aromatic rings. The van der Waals surface area contributed by atoms with Gasteiger partial charge in [-0.3, -0.25) is 4.79 Å². The van der Waals surface area contributed by atoms with Crippen molar-refractivity contribution in [2.75, 3.05) is 27.3 Å². The minimum absolute atomic E-state index is 0.0778. The maximum atomic E-state index is 11.8. The summed E-state index contributed by atoms with van der Waals surface area (Å²) in [6.07, 6.45) is 1.14. The SMILES string of the molecule is COCCN(C)C(=O)CCC(N)c1ccccc1. The zero-order valence-electron chi connectivity index (χ0n) is 11.1. The van der Waals surface area contributed by atoms with E-state index in [1.165, 1.54) is 0 Å². The number of amides is 1. The fourth-order valence-corrected chi connectivity index (χ4v) is 1.69. The van der Waals surface area contributed by atoms with Gasteiger partial charge in [0.25, 0.3) is 0 Å². The van der Waals surface area contributed by atoms with Crippen LogP contribution in [0.1, 0.15) is 24.4 Å². The summed E-state index contributed by atoms with van der Waals surface area (Å²) in [6.45, 7) is 1.18. The average molecular weight is 250 g/mol. The van der Waals surface area contributed by atoms with Gasteiger partial charge in [0.15, 0.2) is 0 Å². The van der Waals surface area contributed by atoms with E-state index in [9.17, 15) is 4.79 Å². The fourth-order valence-electron chi connectivity index (χ4n) is 1.69. The van der Waals surface area contributed by atoms with Crippen molar-refractivity contribution in [3.8, 4) is 0 Å². The van der Waals surface area contributed by atoms with Gasteiger partial charge in [0.2, 0.25) is 5.91 Å². The number of hydrogen-bond acceptors (Lipinski definition) is 3. The minimum atomic E-state index is -0.0778. The van der Waals surface area contributed by atoms with Crippen LogP contribution in [0, 0.1) is 0 Å². The van der Waals surface area contributed by atoms with Gasteiger partial charge in [-0.05, 0) is 12.0 Å². The van der Waals surface area contributed by atoms with E-state index in [0.717, 1.165) is 5.56 Å². The van der Waals surface area contributed by atoms with Crippen molar-refractivity contribution in [3.05, 3.63) is 35.9 Å². The predicted octanol–water partition coefficient (Wildman–Crippen LogP) is 1.57. The van der Waals surface area contributed by atoms with Crippen molar-refractivity contribution in [1.82, 2.24) is 4.90 Å². The number of carbonyl (C=O) groups is 1. The third kappa shape index (κ3) is 4.85. The van der Waals surface area contributed by atoms with E-state index in [1.54, 1.807) is 19.1 Å². The number of nitrogens with zero attached hydrogens (tertiary/aromatic N) is 1. The van der Waals surface area contributed by atoms with Crippen molar-refractivity contribution in [2.45, 2.75) is 18.9 Å². The van der Waals surface area contributed by atoms with Crippen LogP contribution >= 0.6 is 0 Å². The Morgan fingerprint density at radius 2 is 2.06 bits per heavy atom. The Hall–Kier alpha value is -1.39. The molecule has 1 aromatic carbocycles. The summed E-state index contributed by atoms with van der Waals surface area (Å²) in [5.41, 5.74) is 7.12. The third-order valence-corrected chi connectivity index (χ3v) is 2.95. The summed E-state index contributed by atoms with van der Waals surface area (Å²) < 4.78 is 4.94. The number of nitrogens with two attached hydrogens (primary N) is 1. The van der Waals surface area contributed by atoms with Gasteiger partial charge in [0.1, 0.15) is 0 Å². The summed E-state index contributed by atoms with van der Waals surface area (Å²) in [5.74, 6) is 0.110. The van der Waals surface area contributed by atoms with E-state index < -0.39 is 0 Å². The second-order valence-electron chi connectivity index (χ2n) is 4.36. The Bertz CT molecular complexity index is 354. The molecule has 1 unspecified atom stereocenters. The van der Waals surface area contributed by atoms with Crippen molar-refractivity contribution < 1.29 is 9.53 Å². The van der Waals surface area contributed by atoms with Crippen LogP contribution in [0.3, 0.4) is 0 Å². The van der Waals surface area contributed by atoms with Crippen LogP contribution in [0.4, 0.5) is 0 Å². The first-order valence-electron chi connectivity index (χ1n) is 6.18. The lowest BCUT2D eigenvalue weighted by Crippen LogP contribution is -2.30. The van der Waals surface area contributed by atoms with Gasteiger partial charge in [-0.1, -0.05) is 30.3 Å². The summed E-state index contributed by atoms with van der Waals surface area (Å²) in [5, 5.41) is 0. The number of carbonyl (C=O) groups excluding carboxylic acids is 1. The molecular formula is C14H22N2O2. The quantitative estimate of drug-likeness (QED) is 0.799. The third-order valence-electron chi connectivity index (χ3n) is 2.95. The topological polar surface area (TPSA) is 55.6 Å². The van der Waals surface area contributed by atoms with Gasteiger partial charge in [0.05, 0.1) is 6.61 Å². The first-order chi connectivity index (χ1) is 8.65. The molecule has 0 aliphatic carbocycles. The zero-order chi connectivity index (χ0) is 13.4. The molecule has 1 atom stereocenters. The van der Waals surface area contributed by atoms with E-state index in [2.05, 4.69) is 0 Å². The molecule has 0 aliphatic rings. The van der Waals surface area contributed by atoms with Crippen LogP contribution in [-0.4, -0.2) is 38.1 Å². The van der Waals surface area contributed by atoms with Crippen LogP contribution in [0.2, 0.25) is 0 Å². The van der Waals surface area contributed by atoms with Crippen LogP contribution in [0.15, 0.2) is 30.3 Å². The molecule has 0 saturated carbocycles. The molecule has 0 bridgehead atoms. The number of likely N-dealkylation sites (N-methyl/N-ethyl adjacent to an activating group) is 1. The maximum Gasteiger partial charge on any atom is 0.222 e. The average Bonchev–Trinajstić information content (AvgIpc) is 2.42. The highest BCUT2D eigenvalue weighted by Crippen LogP contribution is 2.15. The number of ether oxygens (including phenoxy) is 1. The molecule has 18 heavy (non-hydrogen) atoms. The van der Waals surface area contributed by atoms with Crippen molar-refractivity contribution in [2.24, 2.45) is 5.73 Å². The molecule has 1 amide bonds. The highest BCUT2D eigenvalue weighted by Gasteiger charge is 2.12. The van der Waals surface area contributed by atoms with Crippen molar-refractivity contribution in [3.63, 3.8) is 0 Å². The predicted molar refractivity (Wildman–Crippen MR) is 72.1 cm³/mol. The molecule has 0 spiro atoms. The molecule has 0 heterocycles. The van der Waals surface area contributed by atoms with E-state index in [1.807, 2.05) is 30.3 Å². The standard InChI is InChI=1S/C14H22N2O2/c1-16(10-11-18-2)14(17)9-8-13(15)12-6-4-3-5-7-12/h3-7,13H,8-11,15H2,1-2H3. The summed E-state index contributed by atoms with van der Waals surface area (Å²) in [6, 6.07) is 9.78. The van der Waals surface area contributed by atoms with E-state index >= 15 is 0 Å². The smallest absolute Gasteiger partial charge is 0.222 e. The lowest BCUT2D eigenvalue weighted by Gasteiger charge is -2.18. The largest absolute Gasteiger partial charge is 0.383 e. The highest BCUT2D eigenvalue weighted by atomic mass is 16.5. The Morgan fingerprint density at radius 1 is 1.39 bits per heavy atom. The lowest BCUT2D eigenvalue weighted by molar-refractivity contribution is -0.130. The van der Waals surface area contributed by atoms with Crippen LogP contribution in [0.5, 0.6) is 0 Å².